The molecule has 0 aliphatic rings. The van der Waals surface area contributed by atoms with Crippen molar-refractivity contribution in [2.45, 2.75) is 0 Å². The van der Waals surface area contributed by atoms with Crippen LogP contribution in [-0.4, -0.2) is 23.2 Å². The van der Waals surface area contributed by atoms with E-state index in [4.69, 9.17) is 0 Å². The van der Waals surface area contributed by atoms with Crippen LogP contribution in [0.2, 0.25) is 0 Å². The molecule has 0 fully saturated rings. The fraction of sp³-hybridized carbons (Fsp3) is 0.111. The van der Waals surface area contributed by atoms with E-state index in [1.165, 1.54) is 0 Å². The number of H-pyrrole nitrogens is 1. The second-order valence-electron chi connectivity index (χ2n) is 2.85. The average molecular weight is 301 g/mol. The summed E-state index contributed by atoms with van der Waals surface area (Å²) in [5.74, 6) is -0.0866. The number of nitrogens with zero attached hydrogens (tertiary/aromatic N) is 1. The largest absolute Gasteiger partial charge is 0.355 e. The fourth-order valence-corrected chi connectivity index (χ4v) is 1.86. The highest BCUT2D eigenvalue weighted by atomic mass is 127. The summed E-state index contributed by atoms with van der Waals surface area (Å²) < 4.78 is 0.918. The molecule has 0 bridgehead atoms. The number of amides is 1. The highest BCUT2D eigenvalue weighted by Crippen LogP contribution is 2.18. The lowest BCUT2D eigenvalue weighted by Crippen LogP contribution is -2.17. The molecule has 0 saturated carbocycles. The lowest BCUT2D eigenvalue weighted by atomic mass is 10.1. The Kier molecular flexibility index (Phi) is 2.40. The molecule has 14 heavy (non-hydrogen) atoms. The topological polar surface area (TPSA) is 57.8 Å². The maximum absolute atomic E-state index is 11.3. The Labute approximate surface area is 94.2 Å². The number of rotatable bonds is 1. The molecule has 1 amide bonds. The van der Waals surface area contributed by atoms with Crippen LogP contribution in [0, 0.1) is 3.70 Å². The Hall–Kier alpha value is -1.11. The number of hydrogen-bond acceptors (Lipinski definition) is 2. The molecule has 1 aromatic carbocycles. The van der Waals surface area contributed by atoms with Crippen LogP contribution in [0.1, 0.15) is 10.4 Å². The van der Waals surface area contributed by atoms with Gasteiger partial charge in [0, 0.05) is 18.0 Å². The summed E-state index contributed by atoms with van der Waals surface area (Å²) in [6, 6.07) is 5.48. The van der Waals surface area contributed by atoms with Gasteiger partial charge in [-0.2, -0.15) is 5.10 Å². The van der Waals surface area contributed by atoms with Gasteiger partial charge >= 0.3 is 0 Å². The van der Waals surface area contributed by atoms with Gasteiger partial charge in [-0.05, 0) is 40.8 Å². The van der Waals surface area contributed by atoms with E-state index in [0.29, 0.717) is 5.56 Å². The fourth-order valence-electron chi connectivity index (χ4n) is 1.27. The molecule has 72 valence electrons. The summed E-state index contributed by atoms with van der Waals surface area (Å²) in [5, 5.41) is 10.5. The van der Waals surface area contributed by atoms with Gasteiger partial charge in [0.15, 0.2) is 0 Å². The molecule has 0 spiro atoms. The van der Waals surface area contributed by atoms with Crippen LogP contribution in [0.4, 0.5) is 0 Å². The number of carbonyl (C=O) groups is 1. The van der Waals surface area contributed by atoms with Crippen LogP contribution in [-0.2, 0) is 0 Å². The molecule has 1 heterocycles. The third kappa shape index (κ3) is 1.47. The van der Waals surface area contributed by atoms with Crippen LogP contribution in [0.5, 0.6) is 0 Å². The van der Waals surface area contributed by atoms with Gasteiger partial charge < -0.3 is 5.32 Å². The van der Waals surface area contributed by atoms with Gasteiger partial charge in [-0.15, -0.1) is 0 Å². The maximum atomic E-state index is 11.3. The number of carbonyl (C=O) groups excluding carboxylic acids is 1. The van der Waals surface area contributed by atoms with Crippen LogP contribution in [0.15, 0.2) is 18.2 Å². The Bertz CT molecular complexity index is 492. The summed E-state index contributed by atoms with van der Waals surface area (Å²) in [4.78, 5) is 11.3. The van der Waals surface area contributed by atoms with Gasteiger partial charge in [-0.3, -0.25) is 9.89 Å². The summed E-state index contributed by atoms with van der Waals surface area (Å²) in [7, 11) is 1.61. The van der Waals surface area contributed by atoms with Gasteiger partial charge in [-0.1, -0.05) is 0 Å². The molecule has 0 unspecified atom stereocenters. The van der Waals surface area contributed by atoms with Crippen molar-refractivity contribution in [3.8, 4) is 0 Å². The second-order valence-corrected chi connectivity index (χ2v) is 3.88. The van der Waals surface area contributed by atoms with E-state index in [0.717, 1.165) is 14.6 Å². The molecule has 4 nitrogen and oxygen atoms in total. The minimum Gasteiger partial charge on any atom is -0.355 e. The summed E-state index contributed by atoms with van der Waals surface area (Å²) in [6.07, 6.45) is 0. The number of halogens is 1. The van der Waals surface area contributed by atoms with E-state index < -0.39 is 0 Å². The first-order chi connectivity index (χ1) is 6.72. The third-order valence-corrected chi connectivity index (χ3v) is 2.83. The van der Waals surface area contributed by atoms with E-state index in [2.05, 4.69) is 38.1 Å². The van der Waals surface area contributed by atoms with Crippen LogP contribution < -0.4 is 5.32 Å². The minimum atomic E-state index is -0.0866. The normalized spacial score (nSPS) is 10.4. The number of fused-ring (bicyclic) bond motifs is 1. The molecule has 0 aliphatic heterocycles. The maximum Gasteiger partial charge on any atom is 0.251 e. The molecule has 0 saturated heterocycles. The monoisotopic (exact) mass is 301 g/mol. The van der Waals surface area contributed by atoms with Crippen LogP contribution >= 0.6 is 22.6 Å². The Morgan fingerprint density at radius 1 is 1.57 bits per heavy atom. The van der Waals surface area contributed by atoms with Crippen LogP contribution in [0.3, 0.4) is 0 Å². The van der Waals surface area contributed by atoms with Crippen molar-refractivity contribution in [1.82, 2.24) is 15.5 Å². The Morgan fingerprint density at radius 2 is 2.36 bits per heavy atom. The van der Waals surface area contributed by atoms with E-state index >= 15 is 0 Å². The zero-order valence-corrected chi connectivity index (χ0v) is 9.62. The highest BCUT2D eigenvalue weighted by molar-refractivity contribution is 14.1. The number of aromatic amines is 1. The van der Waals surface area contributed by atoms with E-state index in [1.54, 1.807) is 19.2 Å². The van der Waals surface area contributed by atoms with Crippen molar-refractivity contribution in [2.24, 2.45) is 0 Å². The summed E-state index contributed by atoms with van der Waals surface area (Å²) in [6.45, 7) is 0. The Morgan fingerprint density at radius 3 is 3.07 bits per heavy atom. The molecule has 2 rings (SSSR count). The lowest BCUT2D eigenvalue weighted by molar-refractivity contribution is 0.0963. The SMILES string of the molecule is CNC(=O)c1ccc2c(I)n[nH]c2c1. The number of nitrogens with one attached hydrogen (secondary N) is 2. The average Bonchev–Trinajstić information content (AvgIpc) is 2.59. The molecule has 5 heteroatoms. The number of benzene rings is 1. The molecule has 0 aliphatic carbocycles. The van der Waals surface area contributed by atoms with Gasteiger partial charge in [0.2, 0.25) is 0 Å². The predicted molar refractivity (Wildman–Crippen MR) is 62.2 cm³/mol. The quantitative estimate of drug-likeness (QED) is 0.785. The molecular formula is C9H8IN3O. The predicted octanol–water partition coefficient (Wildman–Crippen LogP) is 1.53. The minimum absolute atomic E-state index is 0.0866. The smallest absolute Gasteiger partial charge is 0.251 e. The third-order valence-electron chi connectivity index (χ3n) is 2.01. The standard InChI is InChI=1S/C9H8IN3O/c1-11-9(14)5-2-3-6-7(4-5)12-13-8(6)10/h2-4H,1H3,(H,11,14)(H,12,13). The van der Waals surface area contributed by atoms with Crippen molar-refractivity contribution in [3.63, 3.8) is 0 Å². The number of hydrogen-bond donors (Lipinski definition) is 2. The molecule has 1 aromatic heterocycles. The summed E-state index contributed by atoms with van der Waals surface area (Å²) in [5.41, 5.74) is 1.52. The lowest BCUT2D eigenvalue weighted by Gasteiger charge is -1.98. The number of aromatic nitrogens is 2. The van der Waals surface area contributed by atoms with Gasteiger partial charge in [0.1, 0.15) is 3.70 Å². The molecular weight excluding hydrogens is 293 g/mol. The zero-order valence-electron chi connectivity index (χ0n) is 7.47. The zero-order chi connectivity index (χ0) is 10.1. The first kappa shape index (κ1) is 9.45. The van der Waals surface area contributed by atoms with Crippen LogP contribution in [0.25, 0.3) is 10.9 Å². The van der Waals surface area contributed by atoms with Crippen molar-refractivity contribution in [1.29, 1.82) is 0 Å². The summed E-state index contributed by atoms with van der Waals surface area (Å²) >= 11 is 2.15. The highest BCUT2D eigenvalue weighted by Gasteiger charge is 2.06. The first-order valence-corrected chi connectivity index (χ1v) is 5.16. The van der Waals surface area contributed by atoms with Crippen molar-refractivity contribution in [2.75, 3.05) is 7.05 Å². The van der Waals surface area contributed by atoms with E-state index in [9.17, 15) is 4.79 Å². The molecule has 2 aromatic rings. The van der Waals surface area contributed by atoms with Gasteiger partial charge in [0.25, 0.3) is 5.91 Å². The molecule has 2 N–H and O–H groups in total. The van der Waals surface area contributed by atoms with Crippen molar-refractivity contribution >= 4 is 39.4 Å². The van der Waals surface area contributed by atoms with E-state index in [1.807, 2.05) is 6.07 Å². The Balaban J connectivity index is 2.57. The molecule has 0 radical (unpaired) electrons. The van der Waals surface area contributed by atoms with Crippen molar-refractivity contribution in [3.05, 3.63) is 27.5 Å². The van der Waals surface area contributed by atoms with Gasteiger partial charge in [0.05, 0.1) is 5.52 Å². The molecule has 0 atom stereocenters. The second kappa shape index (κ2) is 3.56. The van der Waals surface area contributed by atoms with Crippen molar-refractivity contribution < 1.29 is 4.79 Å². The van der Waals surface area contributed by atoms with E-state index in [-0.39, 0.29) is 5.91 Å². The first-order valence-electron chi connectivity index (χ1n) is 4.08. The van der Waals surface area contributed by atoms with Gasteiger partial charge in [-0.25, -0.2) is 0 Å².